The molecule has 0 aliphatic heterocycles. The molecule has 4 nitrogen and oxygen atoms in total. The van der Waals surface area contributed by atoms with E-state index in [9.17, 15) is 4.79 Å². The van der Waals surface area contributed by atoms with Crippen LogP contribution in [0.5, 0.6) is 0 Å². The number of pyridine rings is 1. The van der Waals surface area contributed by atoms with Gasteiger partial charge >= 0.3 is 5.97 Å². The summed E-state index contributed by atoms with van der Waals surface area (Å²) >= 11 is 7.25. The third-order valence-electron chi connectivity index (χ3n) is 2.22. The zero-order chi connectivity index (χ0) is 12.9. The molecular weight excluding hydrogens is 260 g/mol. The van der Waals surface area contributed by atoms with Crippen molar-refractivity contribution in [3.8, 4) is 0 Å². The minimum absolute atomic E-state index is 0.401. The van der Waals surface area contributed by atoms with Gasteiger partial charge in [0, 0.05) is 11.9 Å². The van der Waals surface area contributed by atoms with Gasteiger partial charge in [-0.3, -0.25) is 4.79 Å². The van der Waals surface area contributed by atoms with Crippen molar-refractivity contribution >= 4 is 29.3 Å². The summed E-state index contributed by atoms with van der Waals surface area (Å²) in [6, 6.07) is 3.61. The molecule has 0 fully saturated rings. The molecule has 1 rings (SSSR count). The Hall–Kier alpha value is -0.780. The zero-order valence-corrected chi connectivity index (χ0v) is 11.3. The summed E-state index contributed by atoms with van der Waals surface area (Å²) in [5, 5.41) is 1.46. The van der Waals surface area contributed by atoms with Crippen LogP contribution in [0.4, 0.5) is 0 Å². The Kier molecular flexibility index (Phi) is 5.24. The Labute approximate surface area is 110 Å². The van der Waals surface area contributed by atoms with Crippen molar-refractivity contribution in [2.24, 2.45) is 5.73 Å². The Bertz CT molecular complexity index is 382. The van der Waals surface area contributed by atoms with Gasteiger partial charge in [-0.15, -0.1) is 11.8 Å². The third-order valence-corrected chi connectivity index (χ3v) is 3.39. The van der Waals surface area contributed by atoms with Crippen molar-refractivity contribution in [2.75, 3.05) is 12.9 Å². The Morgan fingerprint density at radius 2 is 2.35 bits per heavy atom. The lowest BCUT2D eigenvalue weighted by Gasteiger charge is -2.20. The van der Waals surface area contributed by atoms with Gasteiger partial charge in [-0.25, -0.2) is 4.98 Å². The van der Waals surface area contributed by atoms with E-state index in [1.807, 2.05) is 6.07 Å². The predicted octanol–water partition coefficient (Wildman–Crippen LogP) is 2.11. The maximum absolute atomic E-state index is 11.3. The van der Waals surface area contributed by atoms with E-state index < -0.39 is 11.5 Å². The molecule has 1 heterocycles. The van der Waals surface area contributed by atoms with Crippen molar-refractivity contribution in [3.05, 3.63) is 23.4 Å². The van der Waals surface area contributed by atoms with Crippen LogP contribution in [-0.2, 0) is 9.53 Å². The summed E-state index contributed by atoms with van der Waals surface area (Å²) in [5.41, 5.74) is 4.88. The van der Waals surface area contributed by atoms with E-state index >= 15 is 0 Å². The fourth-order valence-corrected chi connectivity index (χ4v) is 2.29. The first-order chi connectivity index (χ1) is 7.95. The molecule has 17 heavy (non-hydrogen) atoms. The van der Waals surface area contributed by atoms with Crippen LogP contribution in [0.2, 0.25) is 5.02 Å². The van der Waals surface area contributed by atoms with Crippen LogP contribution in [0.15, 0.2) is 23.4 Å². The molecule has 94 valence electrons. The molecule has 0 aromatic carbocycles. The molecular formula is C11H15ClN2O2S. The molecule has 2 N–H and O–H groups in total. The van der Waals surface area contributed by atoms with Crippen molar-refractivity contribution in [2.45, 2.75) is 23.9 Å². The molecule has 0 aliphatic carbocycles. The lowest BCUT2D eigenvalue weighted by Crippen LogP contribution is -2.46. The number of aromatic nitrogens is 1. The average molecular weight is 275 g/mol. The molecule has 0 bridgehead atoms. The van der Waals surface area contributed by atoms with E-state index in [1.165, 1.54) is 18.9 Å². The van der Waals surface area contributed by atoms with Crippen molar-refractivity contribution in [1.82, 2.24) is 4.98 Å². The van der Waals surface area contributed by atoms with E-state index in [2.05, 4.69) is 9.72 Å². The van der Waals surface area contributed by atoms with E-state index in [-0.39, 0.29) is 0 Å². The van der Waals surface area contributed by atoms with Gasteiger partial charge in [-0.2, -0.15) is 0 Å². The standard InChI is InChI=1S/C11H15ClN2O2S/c1-11(13,10(15)16-2)5-6-17-9-4-3-8(12)7-14-9/h3-4,7H,5-6,13H2,1-2H3. The average Bonchev–Trinajstić information content (AvgIpc) is 2.30. The van der Waals surface area contributed by atoms with Crippen molar-refractivity contribution < 1.29 is 9.53 Å². The smallest absolute Gasteiger partial charge is 0.325 e. The summed E-state index contributed by atoms with van der Waals surface area (Å²) < 4.78 is 4.63. The monoisotopic (exact) mass is 274 g/mol. The number of methoxy groups -OCH3 is 1. The molecule has 1 unspecified atom stereocenters. The molecule has 1 atom stereocenters. The molecule has 0 spiro atoms. The molecule has 6 heteroatoms. The number of thioether (sulfide) groups is 1. The summed E-state index contributed by atoms with van der Waals surface area (Å²) in [7, 11) is 1.33. The second kappa shape index (κ2) is 6.23. The highest BCUT2D eigenvalue weighted by Crippen LogP contribution is 2.20. The zero-order valence-electron chi connectivity index (χ0n) is 9.77. The van der Waals surface area contributed by atoms with Crippen LogP contribution in [0.25, 0.3) is 0 Å². The topological polar surface area (TPSA) is 65.2 Å². The second-order valence-electron chi connectivity index (χ2n) is 3.82. The summed E-state index contributed by atoms with van der Waals surface area (Å²) in [6.45, 7) is 1.66. The number of carbonyl (C=O) groups excluding carboxylic acids is 1. The SMILES string of the molecule is COC(=O)C(C)(N)CCSc1ccc(Cl)cn1. The van der Waals surface area contributed by atoms with Crippen LogP contribution < -0.4 is 5.73 Å². The highest BCUT2D eigenvalue weighted by molar-refractivity contribution is 7.99. The fraction of sp³-hybridized carbons (Fsp3) is 0.455. The Morgan fingerprint density at radius 1 is 1.65 bits per heavy atom. The van der Waals surface area contributed by atoms with Crippen molar-refractivity contribution in [1.29, 1.82) is 0 Å². The summed E-state index contributed by atoms with van der Waals surface area (Å²) in [4.78, 5) is 15.5. The quantitative estimate of drug-likeness (QED) is 0.658. The van der Waals surface area contributed by atoms with Crippen LogP contribution in [0.1, 0.15) is 13.3 Å². The molecule has 1 aromatic rings. The van der Waals surface area contributed by atoms with Gasteiger partial charge in [0.05, 0.1) is 17.2 Å². The van der Waals surface area contributed by atoms with Gasteiger partial charge in [0.2, 0.25) is 0 Å². The number of halogens is 1. The number of rotatable bonds is 5. The van der Waals surface area contributed by atoms with Gasteiger partial charge in [-0.1, -0.05) is 11.6 Å². The summed E-state index contributed by atoms with van der Waals surface area (Å²) in [5.74, 6) is 0.290. The Morgan fingerprint density at radius 3 is 2.88 bits per heavy atom. The minimum atomic E-state index is -0.950. The van der Waals surface area contributed by atoms with Crippen LogP contribution in [0.3, 0.4) is 0 Å². The molecule has 0 saturated heterocycles. The van der Waals surface area contributed by atoms with E-state index in [1.54, 1.807) is 19.2 Å². The number of esters is 1. The molecule has 0 saturated carbocycles. The highest BCUT2D eigenvalue weighted by Gasteiger charge is 2.28. The highest BCUT2D eigenvalue weighted by atomic mass is 35.5. The van der Waals surface area contributed by atoms with Crippen LogP contribution in [0, 0.1) is 0 Å². The third kappa shape index (κ3) is 4.53. The van der Waals surface area contributed by atoms with Gasteiger partial charge < -0.3 is 10.5 Å². The largest absolute Gasteiger partial charge is 0.468 e. The van der Waals surface area contributed by atoms with Gasteiger partial charge in [-0.05, 0) is 25.5 Å². The molecule has 0 aliphatic rings. The van der Waals surface area contributed by atoms with Gasteiger partial charge in [0.25, 0.3) is 0 Å². The van der Waals surface area contributed by atoms with Crippen LogP contribution >= 0.6 is 23.4 Å². The first kappa shape index (κ1) is 14.3. The first-order valence-corrected chi connectivity index (χ1v) is 6.44. The van der Waals surface area contributed by atoms with Gasteiger partial charge in [0.15, 0.2) is 0 Å². The van der Waals surface area contributed by atoms with E-state index in [0.717, 1.165) is 5.03 Å². The minimum Gasteiger partial charge on any atom is -0.468 e. The van der Waals surface area contributed by atoms with Crippen LogP contribution in [-0.4, -0.2) is 29.4 Å². The van der Waals surface area contributed by atoms with Crippen molar-refractivity contribution in [3.63, 3.8) is 0 Å². The maximum Gasteiger partial charge on any atom is 0.325 e. The molecule has 1 aromatic heterocycles. The number of nitrogens with two attached hydrogens (primary N) is 1. The number of ether oxygens (including phenoxy) is 1. The number of nitrogens with zero attached hydrogens (tertiary/aromatic N) is 1. The maximum atomic E-state index is 11.3. The molecule has 0 radical (unpaired) electrons. The fourth-order valence-electron chi connectivity index (χ4n) is 1.15. The molecule has 0 amide bonds. The number of hydrogen-bond acceptors (Lipinski definition) is 5. The van der Waals surface area contributed by atoms with E-state index in [4.69, 9.17) is 17.3 Å². The Balaban J connectivity index is 2.42. The first-order valence-electron chi connectivity index (χ1n) is 5.07. The number of hydrogen-bond donors (Lipinski definition) is 1. The lowest BCUT2D eigenvalue weighted by molar-refractivity contribution is -0.146. The summed E-state index contributed by atoms with van der Waals surface area (Å²) in [6.07, 6.45) is 2.11. The van der Waals surface area contributed by atoms with E-state index in [0.29, 0.717) is 17.2 Å². The predicted molar refractivity (Wildman–Crippen MR) is 69.2 cm³/mol. The number of carbonyl (C=O) groups is 1. The van der Waals surface area contributed by atoms with Gasteiger partial charge in [0.1, 0.15) is 5.54 Å². The lowest BCUT2D eigenvalue weighted by atomic mass is 10.0. The normalized spacial score (nSPS) is 14.1. The second-order valence-corrected chi connectivity index (χ2v) is 5.37.